The maximum absolute atomic E-state index is 13.0. The maximum atomic E-state index is 13.0. The van der Waals surface area contributed by atoms with Crippen molar-refractivity contribution in [3.63, 3.8) is 0 Å². The topological polar surface area (TPSA) is 80.0 Å². The minimum absolute atomic E-state index is 0.337. The van der Waals surface area contributed by atoms with Gasteiger partial charge in [-0.2, -0.15) is 13.2 Å². The molecule has 0 radical (unpaired) electrons. The van der Waals surface area contributed by atoms with E-state index in [4.69, 9.17) is 5.73 Å². The summed E-state index contributed by atoms with van der Waals surface area (Å²) >= 11 is 0. The molecule has 168 valence electrons. The fourth-order valence-electron chi connectivity index (χ4n) is 4.17. The summed E-state index contributed by atoms with van der Waals surface area (Å²) in [6.07, 6.45) is 2.80. The number of carbonyl (C=O) groups is 1. The summed E-state index contributed by atoms with van der Waals surface area (Å²) in [6.45, 7) is 2.52. The van der Waals surface area contributed by atoms with Gasteiger partial charge in [0.15, 0.2) is 0 Å². The molecule has 1 fully saturated rings. The van der Waals surface area contributed by atoms with Gasteiger partial charge >= 0.3 is 6.18 Å². The number of pyridine rings is 1. The second-order valence-electron chi connectivity index (χ2n) is 8.11. The molecule has 0 aliphatic carbocycles. The van der Waals surface area contributed by atoms with Crippen molar-refractivity contribution in [1.82, 2.24) is 15.6 Å². The van der Waals surface area contributed by atoms with Crippen LogP contribution in [0.4, 0.5) is 13.2 Å². The Morgan fingerprint density at radius 1 is 1.06 bits per heavy atom. The van der Waals surface area contributed by atoms with Crippen LogP contribution in [0.25, 0.3) is 0 Å². The number of primary amides is 1. The molecule has 0 bridgehead atoms. The Morgan fingerprint density at radius 2 is 1.68 bits per heavy atom. The lowest BCUT2D eigenvalue weighted by Crippen LogP contribution is -2.53. The number of halogens is 3. The quantitative estimate of drug-likeness (QED) is 0.565. The van der Waals surface area contributed by atoms with E-state index in [1.54, 1.807) is 12.4 Å². The SMILES string of the molecule is NC(=O)C(CCc1ccncc1)(NCCC1CCNCC1)c1ccc(C(F)(F)F)cc1. The van der Waals surface area contributed by atoms with Gasteiger partial charge in [0.05, 0.1) is 5.56 Å². The third kappa shape index (κ3) is 6.04. The van der Waals surface area contributed by atoms with Gasteiger partial charge in [0.25, 0.3) is 0 Å². The van der Waals surface area contributed by atoms with Crippen molar-refractivity contribution in [3.05, 3.63) is 65.5 Å². The van der Waals surface area contributed by atoms with Crippen LogP contribution in [0.1, 0.15) is 42.4 Å². The Kier molecular flexibility index (Phi) is 7.67. The minimum atomic E-state index is -4.44. The Balaban J connectivity index is 1.83. The van der Waals surface area contributed by atoms with Crippen LogP contribution in [0.3, 0.4) is 0 Å². The van der Waals surface area contributed by atoms with Gasteiger partial charge in [-0.3, -0.25) is 15.1 Å². The number of nitrogens with two attached hydrogens (primary N) is 1. The molecule has 1 aliphatic rings. The van der Waals surface area contributed by atoms with Gasteiger partial charge in [0.1, 0.15) is 5.54 Å². The van der Waals surface area contributed by atoms with Crippen LogP contribution in [-0.4, -0.2) is 30.5 Å². The van der Waals surface area contributed by atoms with Crippen molar-refractivity contribution >= 4 is 5.91 Å². The van der Waals surface area contributed by atoms with Gasteiger partial charge in [-0.05, 0) is 93.0 Å². The Morgan fingerprint density at radius 3 is 2.26 bits per heavy atom. The second-order valence-corrected chi connectivity index (χ2v) is 8.11. The van der Waals surface area contributed by atoms with Gasteiger partial charge in [-0.15, -0.1) is 0 Å². The monoisotopic (exact) mass is 434 g/mol. The molecule has 4 N–H and O–H groups in total. The fraction of sp³-hybridized carbons (Fsp3) is 0.478. The van der Waals surface area contributed by atoms with Gasteiger partial charge in [0.2, 0.25) is 5.91 Å². The molecule has 3 rings (SSSR count). The van der Waals surface area contributed by atoms with Crippen molar-refractivity contribution in [1.29, 1.82) is 0 Å². The molecular formula is C23H29F3N4O. The zero-order valence-electron chi connectivity index (χ0n) is 17.4. The lowest BCUT2D eigenvalue weighted by Gasteiger charge is -2.34. The predicted octanol–water partition coefficient (Wildman–Crippen LogP) is 3.39. The summed E-state index contributed by atoms with van der Waals surface area (Å²) in [7, 11) is 0. The first-order chi connectivity index (χ1) is 14.8. The molecule has 2 heterocycles. The van der Waals surface area contributed by atoms with Crippen LogP contribution in [-0.2, 0) is 22.9 Å². The van der Waals surface area contributed by atoms with E-state index in [1.807, 2.05) is 12.1 Å². The number of alkyl halides is 3. The van der Waals surface area contributed by atoms with E-state index in [2.05, 4.69) is 15.6 Å². The third-order valence-corrected chi connectivity index (χ3v) is 6.10. The minimum Gasteiger partial charge on any atom is -0.368 e. The summed E-state index contributed by atoms with van der Waals surface area (Å²) < 4.78 is 39.1. The summed E-state index contributed by atoms with van der Waals surface area (Å²) in [5.74, 6) is -0.0428. The summed E-state index contributed by atoms with van der Waals surface area (Å²) in [4.78, 5) is 16.7. The number of piperidine rings is 1. The lowest BCUT2D eigenvalue weighted by atomic mass is 9.82. The number of hydrogen-bond donors (Lipinski definition) is 3. The summed E-state index contributed by atoms with van der Waals surface area (Å²) in [5.41, 5.74) is 5.29. The number of amides is 1. The predicted molar refractivity (Wildman–Crippen MR) is 113 cm³/mol. The molecule has 1 aliphatic heterocycles. The molecule has 31 heavy (non-hydrogen) atoms. The highest BCUT2D eigenvalue weighted by Gasteiger charge is 2.39. The van der Waals surface area contributed by atoms with E-state index in [0.717, 1.165) is 50.0 Å². The Bertz CT molecular complexity index is 836. The normalized spacial score (nSPS) is 17.3. The number of benzene rings is 1. The first kappa shape index (κ1) is 23.2. The van der Waals surface area contributed by atoms with Crippen LogP contribution in [0.5, 0.6) is 0 Å². The molecule has 1 saturated heterocycles. The van der Waals surface area contributed by atoms with E-state index in [0.29, 0.717) is 30.9 Å². The number of nitrogens with zero attached hydrogens (tertiary/aromatic N) is 1. The third-order valence-electron chi connectivity index (χ3n) is 6.10. The maximum Gasteiger partial charge on any atom is 0.416 e. The highest BCUT2D eigenvalue weighted by molar-refractivity contribution is 5.86. The standard InChI is InChI=1S/C23H29F3N4O/c24-23(25,26)20-3-1-19(2-4-20)22(21(27)31,11-5-17-6-12-28-13-7-17)30-16-10-18-8-14-29-15-9-18/h1-4,6-7,12-13,18,29-30H,5,8-11,14-16H2,(H2,27,31). The molecule has 1 unspecified atom stereocenters. The van der Waals surface area contributed by atoms with Gasteiger partial charge in [0, 0.05) is 12.4 Å². The first-order valence-electron chi connectivity index (χ1n) is 10.6. The molecule has 0 saturated carbocycles. The largest absolute Gasteiger partial charge is 0.416 e. The second kappa shape index (κ2) is 10.2. The number of aryl methyl sites for hydroxylation is 1. The number of hydrogen-bond acceptors (Lipinski definition) is 4. The zero-order valence-corrected chi connectivity index (χ0v) is 17.4. The number of aromatic nitrogens is 1. The van der Waals surface area contributed by atoms with Gasteiger partial charge in [-0.25, -0.2) is 0 Å². The summed E-state index contributed by atoms with van der Waals surface area (Å²) in [5, 5.41) is 6.66. The highest BCUT2D eigenvalue weighted by Crippen LogP contribution is 2.33. The molecule has 1 aromatic heterocycles. The average molecular weight is 435 g/mol. The lowest BCUT2D eigenvalue weighted by molar-refractivity contribution is -0.137. The van der Waals surface area contributed by atoms with Crippen molar-refractivity contribution < 1.29 is 18.0 Å². The fourth-order valence-corrected chi connectivity index (χ4v) is 4.17. The molecule has 8 heteroatoms. The molecule has 0 spiro atoms. The molecular weight excluding hydrogens is 405 g/mol. The van der Waals surface area contributed by atoms with E-state index in [9.17, 15) is 18.0 Å². The number of carbonyl (C=O) groups excluding carboxylic acids is 1. The van der Waals surface area contributed by atoms with E-state index >= 15 is 0 Å². The Labute approximate surface area is 180 Å². The number of nitrogens with one attached hydrogen (secondary N) is 2. The van der Waals surface area contributed by atoms with Crippen molar-refractivity contribution in [2.75, 3.05) is 19.6 Å². The molecule has 1 atom stereocenters. The van der Waals surface area contributed by atoms with Gasteiger partial charge in [-0.1, -0.05) is 12.1 Å². The molecule has 1 aromatic carbocycles. The van der Waals surface area contributed by atoms with Crippen LogP contribution in [0.15, 0.2) is 48.8 Å². The van der Waals surface area contributed by atoms with Crippen molar-refractivity contribution in [3.8, 4) is 0 Å². The molecule has 5 nitrogen and oxygen atoms in total. The average Bonchev–Trinajstić information content (AvgIpc) is 2.77. The highest BCUT2D eigenvalue weighted by atomic mass is 19.4. The smallest absolute Gasteiger partial charge is 0.368 e. The van der Waals surface area contributed by atoms with E-state index in [-0.39, 0.29) is 0 Å². The zero-order chi connectivity index (χ0) is 22.3. The first-order valence-corrected chi connectivity index (χ1v) is 10.6. The van der Waals surface area contributed by atoms with Crippen molar-refractivity contribution in [2.45, 2.75) is 43.8 Å². The van der Waals surface area contributed by atoms with Crippen LogP contribution in [0.2, 0.25) is 0 Å². The van der Waals surface area contributed by atoms with Crippen LogP contribution >= 0.6 is 0 Å². The van der Waals surface area contributed by atoms with Gasteiger partial charge < -0.3 is 11.1 Å². The molecule has 2 aromatic rings. The van der Waals surface area contributed by atoms with E-state index in [1.165, 1.54) is 12.1 Å². The number of rotatable bonds is 9. The van der Waals surface area contributed by atoms with Crippen LogP contribution in [0, 0.1) is 5.92 Å². The molecule has 1 amide bonds. The summed E-state index contributed by atoms with van der Waals surface area (Å²) in [6, 6.07) is 8.44. The van der Waals surface area contributed by atoms with E-state index < -0.39 is 23.2 Å². The Hall–Kier alpha value is -2.45. The van der Waals surface area contributed by atoms with Crippen molar-refractivity contribution in [2.24, 2.45) is 11.7 Å². The van der Waals surface area contributed by atoms with Crippen LogP contribution < -0.4 is 16.4 Å².